The van der Waals surface area contributed by atoms with Crippen molar-refractivity contribution in [2.45, 2.75) is 468 Å². The van der Waals surface area contributed by atoms with Gasteiger partial charge in [-0.05, 0) is 57.8 Å². The number of rotatable bonds is 74. The second kappa shape index (κ2) is 71.4. The number of carbonyl (C=O) groups excluding carboxylic acids is 2. The highest BCUT2D eigenvalue weighted by Crippen LogP contribution is 2.24. The summed E-state index contributed by atoms with van der Waals surface area (Å²) in [4.78, 5) is 25.2. The Bertz CT molecular complexity index is 1590. The fourth-order valence-electron chi connectivity index (χ4n) is 13.4. The molecule has 0 aliphatic carbocycles. The standard InChI is InChI=1S/C82H157NO10/c1-3-5-7-9-11-13-15-17-45-48-52-56-60-64-68-75(85)74(73-92-82-81(90)80(89)79(88)76(72-84)93-82)83-77(86)69-65-61-57-53-49-46-43-41-39-37-35-33-31-29-27-25-23-21-19-18-20-22-24-26-28-30-32-34-36-38-40-42-44-47-51-55-59-63-67-71-91-78(87)70-66-62-58-54-50-16-14-12-10-8-6-4-2/h18-19,64,68,74-76,79-82,84-85,88-90H,3-17,20-63,65-67,69-73H2,1-2H3,(H,83,86)/b19-18-,68-64+. The van der Waals surface area contributed by atoms with Crippen molar-refractivity contribution in [2.75, 3.05) is 19.8 Å². The maximum absolute atomic E-state index is 13.1. The van der Waals surface area contributed by atoms with Gasteiger partial charge in [0.05, 0.1) is 32.0 Å². The highest BCUT2D eigenvalue weighted by molar-refractivity contribution is 5.76. The third kappa shape index (κ3) is 59.9. The van der Waals surface area contributed by atoms with Gasteiger partial charge in [0.15, 0.2) is 6.29 Å². The summed E-state index contributed by atoms with van der Waals surface area (Å²) < 4.78 is 16.8. The first-order valence-corrected chi connectivity index (χ1v) is 41.1. The van der Waals surface area contributed by atoms with E-state index in [1.807, 2.05) is 6.08 Å². The van der Waals surface area contributed by atoms with Crippen LogP contribution in [-0.4, -0.2) is 100 Å². The zero-order valence-corrected chi connectivity index (χ0v) is 61.5. The molecule has 1 fully saturated rings. The van der Waals surface area contributed by atoms with Gasteiger partial charge in [0.25, 0.3) is 0 Å². The van der Waals surface area contributed by atoms with Crippen molar-refractivity contribution in [3.05, 3.63) is 24.3 Å². The van der Waals surface area contributed by atoms with Crippen LogP contribution in [0.2, 0.25) is 0 Å². The second-order valence-electron chi connectivity index (χ2n) is 28.8. The maximum atomic E-state index is 13.1. The largest absolute Gasteiger partial charge is 0.466 e. The van der Waals surface area contributed by atoms with Crippen molar-refractivity contribution in [1.29, 1.82) is 0 Å². The molecule has 6 N–H and O–H groups in total. The molecule has 11 heteroatoms. The molecule has 0 aromatic rings. The molecule has 1 amide bonds. The Balaban J connectivity index is 1.90. The van der Waals surface area contributed by atoms with Crippen LogP contribution in [0.15, 0.2) is 24.3 Å². The van der Waals surface area contributed by atoms with Crippen molar-refractivity contribution >= 4 is 11.9 Å². The Morgan fingerprint density at radius 1 is 0.387 bits per heavy atom. The summed E-state index contributed by atoms with van der Waals surface area (Å²) in [6.45, 7) is 4.41. The Labute approximate surface area is 575 Å². The molecule has 1 aliphatic heterocycles. The monoisotopic (exact) mass is 1320 g/mol. The topological polar surface area (TPSA) is 175 Å². The van der Waals surface area contributed by atoms with E-state index < -0.39 is 49.5 Å². The van der Waals surface area contributed by atoms with Crippen LogP contribution in [0.4, 0.5) is 0 Å². The summed E-state index contributed by atoms with van der Waals surface area (Å²) in [7, 11) is 0. The fourth-order valence-corrected chi connectivity index (χ4v) is 13.4. The van der Waals surface area contributed by atoms with E-state index in [9.17, 15) is 35.1 Å². The quantitative estimate of drug-likeness (QED) is 0.0195. The molecule has 0 aromatic heterocycles. The smallest absolute Gasteiger partial charge is 0.305 e. The highest BCUT2D eigenvalue weighted by atomic mass is 16.7. The van der Waals surface area contributed by atoms with E-state index in [0.29, 0.717) is 19.4 Å². The number of aliphatic hydroxyl groups excluding tert-OH is 5. The number of carbonyl (C=O) groups is 2. The number of aliphatic hydroxyl groups is 5. The number of hydrogen-bond acceptors (Lipinski definition) is 10. The number of nitrogens with one attached hydrogen (secondary N) is 1. The molecule has 0 aromatic carbocycles. The van der Waals surface area contributed by atoms with E-state index in [0.717, 1.165) is 51.4 Å². The number of unbranched alkanes of at least 4 members (excludes halogenated alkanes) is 58. The van der Waals surface area contributed by atoms with Crippen LogP contribution in [0.3, 0.4) is 0 Å². The predicted molar refractivity (Wildman–Crippen MR) is 394 cm³/mol. The van der Waals surface area contributed by atoms with Gasteiger partial charge in [-0.1, -0.05) is 378 Å². The van der Waals surface area contributed by atoms with Gasteiger partial charge in [0, 0.05) is 12.8 Å². The Hall–Kier alpha value is -1.86. The van der Waals surface area contributed by atoms with Crippen LogP contribution in [-0.2, 0) is 23.8 Å². The van der Waals surface area contributed by atoms with Gasteiger partial charge in [-0.15, -0.1) is 0 Å². The van der Waals surface area contributed by atoms with Gasteiger partial charge >= 0.3 is 5.97 Å². The third-order valence-electron chi connectivity index (χ3n) is 19.8. The normalized spacial score (nSPS) is 17.5. The summed E-state index contributed by atoms with van der Waals surface area (Å²) in [6.07, 6.45) is 82.2. The molecule has 93 heavy (non-hydrogen) atoms. The van der Waals surface area contributed by atoms with E-state index in [-0.39, 0.29) is 18.5 Å². The molecule has 550 valence electrons. The lowest BCUT2D eigenvalue weighted by Gasteiger charge is -2.40. The van der Waals surface area contributed by atoms with Gasteiger partial charge in [-0.3, -0.25) is 9.59 Å². The van der Waals surface area contributed by atoms with Gasteiger partial charge in [-0.2, -0.15) is 0 Å². The molecule has 1 aliphatic rings. The lowest BCUT2D eigenvalue weighted by Crippen LogP contribution is -2.60. The summed E-state index contributed by atoms with van der Waals surface area (Å²) in [5.41, 5.74) is 0. The van der Waals surface area contributed by atoms with Crippen molar-refractivity contribution in [1.82, 2.24) is 5.32 Å². The number of amides is 1. The van der Waals surface area contributed by atoms with Crippen LogP contribution < -0.4 is 5.32 Å². The molecular formula is C82H157NO10. The average Bonchev–Trinajstić information content (AvgIpc) is 0.900. The Morgan fingerprint density at radius 3 is 1.03 bits per heavy atom. The Morgan fingerprint density at radius 2 is 0.688 bits per heavy atom. The van der Waals surface area contributed by atoms with Crippen LogP contribution in [0.5, 0.6) is 0 Å². The lowest BCUT2D eigenvalue weighted by atomic mass is 9.99. The van der Waals surface area contributed by atoms with Crippen molar-refractivity contribution in [3.63, 3.8) is 0 Å². The van der Waals surface area contributed by atoms with E-state index in [1.165, 1.54) is 347 Å². The van der Waals surface area contributed by atoms with Crippen molar-refractivity contribution in [2.24, 2.45) is 0 Å². The summed E-state index contributed by atoms with van der Waals surface area (Å²) in [5, 5.41) is 54.6. The predicted octanol–water partition coefficient (Wildman–Crippen LogP) is 22.3. The maximum Gasteiger partial charge on any atom is 0.305 e. The van der Waals surface area contributed by atoms with Gasteiger partial charge in [-0.25, -0.2) is 0 Å². The Kier molecular flexibility index (Phi) is 68.5. The summed E-state index contributed by atoms with van der Waals surface area (Å²) in [5.74, 6) is -0.156. The number of allylic oxidation sites excluding steroid dienone is 3. The van der Waals surface area contributed by atoms with E-state index in [2.05, 4.69) is 31.3 Å². The van der Waals surface area contributed by atoms with E-state index in [1.54, 1.807) is 6.08 Å². The van der Waals surface area contributed by atoms with Gasteiger partial charge in [0.1, 0.15) is 24.4 Å². The molecular weight excluding hydrogens is 1160 g/mol. The van der Waals surface area contributed by atoms with E-state index >= 15 is 0 Å². The molecule has 0 saturated carbocycles. The SMILES string of the molecule is CCCCCCCCCCCCCC/C=C/C(O)C(COC1OC(CO)C(O)C(O)C1O)NC(=O)CCCCCCCCCCCCCCCCCCC/C=C\CCCCCCCCCCCCCCCCCCCCOC(=O)CCCCCCCCCCCCCC. The van der Waals surface area contributed by atoms with E-state index in [4.69, 9.17) is 14.2 Å². The highest BCUT2D eigenvalue weighted by Gasteiger charge is 2.44. The fraction of sp³-hybridized carbons (Fsp3) is 0.927. The average molecular weight is 1320 g/mol. The molecule has 7 unspecified atom stereocenters. The summed E-state index contributed by atoms with van der Waals surface area (Å²) >= 11 is 0. The molecule has 0 spiro atoms. The van der Waals surface area contributed by atoms with Crippen LogP contribution >= 0.6 is 0 Å². The second-order valence-corrected chi connectivity index (χ2v) is 28.8. The van der Waals surface area contributed by atoms with Gasteiger partial charge in [0.2, 0.25) is 5.91 Å². The molecule has 1 rings (SSSR count). The van der Waals surface area contributed by atoms with Crippen molar-refractivity contribution in [3.8, 4) is 0 Å². The first-order chi connectivity index (χ1) is 45.7. The lowest BCUT2D eigenvalue weighted by molar-refractivity contribution is -0.302. The molecule has 1 heterocycles. The minimum atomic E-state index is -1.57. The number of hydrogen-bond donors (Lipinski definition) is 6. The van der Waals surface area contributed by atoms with Crippen LogP contribution in [0.25, 0.3) is 0 Å². The third-order valence-corrected chi connectivity index (χ3v) is 19.8. The molecule has 1 saturated heterocycles. The van der Waals surface area contributed by atoms with Crippen LogP contribution in [0.1, 0.15) is 425 Å². The van der Waals surface area contributed by atoms with Gasteiger partial charge < -0.3 is 45.1 Å². The number of ether oxygens (including phenoxy) is 3. The number of esters is 1. The van der Waals surface area contributed by atoms with Crippen LogP contribution in [0, 0.1) is 0 Å². The minimum Gasteiger partial charge on any atom is -0.466 e. The van der Waals surface area contributed by atoms with Crippen molar-refractivity contribution < 1.29 is 49.3 Å². The first-order valence-electron chi connectivity index (χ1n) is 41.1. The first kappa shape index (κ1) is 89.2. The summed E-state index contributed by atoms with van der Waals surface area (Å²) in [6, 6.07) is -0.807. The molecule has 7 atom stereocenters. The molecule has 0 radical (unpaired) electrons. The minimum absolute atomic E-state index is 0.0183. The molecule has 0 bridgehead atoms. The molecule has 11 nitrogen and oxygen atoms in total. The zero-order chi connectivity index (χ0) is 67.2. The zero-order valence-electron chi connectivity index (χ0n) is 61.5.